The Morgan fingerprint density at radius 2 is 1.52 bits per heavy atom. The number of benzene rings is 3. The number of anilines is 1. The normalized spacial score (nSPS) is 15.3. The summed E-state index contributed by atoms with van der Waals surface area (Å²) in [6, 6.07) is 25.3. The Kier molecular flexibility index (Phi) is 6.99. The largest absolute Gasteiger partial charge is 0.489 e. The predicted molar refractivity (Wildman–Crippen MR) is 125 cm³/mol. The van der Waals surface area contributed by atoms with E-state index in [0.717, 1.165) is 16.0 Å². The number of ether oxygens (including phenoxy) is 1. The number of carbonyl (C=O) groups excluding carboxylic acids is 3. The van der Waals surface area contributed by atoms with Crippen LogP contribution >= 0.6 is 0 Å². The number of rotatable bonds is 9. The van der Waals surface area contributed by atoms with Crippen molar-refractivity contribution in [2.24, 2.45) is 0 Å². The van der Waals surface area contributed by atoms with Crippen molar-refractivity contribution in [3.05, 3.63) is 96.1 Å². The molecule has 4 rings (SSSR count). The van der Waals surface area contributed by atoms with Crippen LogP contribution in [0.2, 0.25) is 0 Å². The predicted octanol–water partition coefficient (Wildman–Crippen LogP) is 3.76. The van der Waals surface area contributed by atoms with Gasteiger partial charge < -0.3 is 15.4 Å². The smallest absolute Gasteiger partial charge is 0.325 e. The molecule has 1 atom stereocenters. The zero-order chi connectivity index (χ0) is 23.0. The zero-order valence-corrected chi connectivity index (χ0v) is 18.1. The van der Waals surface area contributed by atoms with Crippen molar-refractivity contribution in [2.45, 2.75) is 25.5 Å². The second-order valence-corrected chi connectivity index (χ2v) is 7.80. The number of aryl methyl sites for hydroxylation is 1. The fourth-order valence-electron chi connectivity index (χ4n) is 3.60. The molecule has 1 heterocycles. The first-order chi connectivity index (χ1) is 16.1. The summed E-state index contributed by atoms with van der Waals surface area (Å²) in [5.74, 6) is -0.150. The molecule has 1 aliphatic heterocycles. The highest BCUT2D eigenvalue weighted by Crippen LogP contribution is 2.18. The van der Waals surface area contributed by atoms with E-state index in [1.165, 1.54) is 0 Å². The fraction of sp³-hybridized carbons (Fsp3) is 0.192. The minimum Gasteiger partial charge on any atom is -0.489 e. The summed E-state index contributed by atoms with van der Waals surface area (Å²) in [5.41, 5.74) is 2.71. The van der Waals surface area contributed by atoms with Gasteiger partial charge in [0.15, 0.2) is 0 Å². The summed E-state index contributed by atoms with van der Waals surface area (Å²) in [6.45, 7) is 0.114. The molecular weight excluding hydrogens is 418 g/mol. The van der Waals surface area contributed by atoms with Crippen LogP contribution in [0.3, 0.4) is 0 Å². The fourth-order valence-corrected chi connectivity index (χ4v) is 3.60. The molecule has 3 aromatic carbocycles. The topological polar surface area (TPSA) is 87.7 Å². The summed E-state index contributed by atoms with van der Waals surface area (Å²) >= 11 is 0. The number of amides is 4. The van der Waals surface area contributed by atoms with Crippen LogP contribution in [0.15, 0.2) is 84.9 Å². The maximum Gasteiger partial charge on any atom is 0.325 e. The lowest BCUT2D eigenvalue weighted by Crippen LogP contribution is -2.38. The number of hydrogen-bond donors (Lipinski definition) is 2. The highest BCUT2D eigenvalue weighted by molar-refractivity contribution is 6.07. The van der Waals surface area contributed by atoms with Crippen molar-refractivity contribution in [2.75, 3.05) is 11.9 Å². The van der Waals surface area contributed by atoms with Crippen molar-refractivity contribution in [1.29, 1.82) is 0 Å². The van der Waals surface area contributed by atoms with Gasteiger partial charge in [0, 0.05) is 5.69 Å². The zero-order valence-electron chi connectivity index (χ0n) is 18.1. The van der Waals surface area contributed by atoms with Crippen LogP contribution in [0.1, 0.15) is 17.5 Å². The molecule has 0 saturated carbocycles. The van der Waals surface area contributed by atoms with Crippen molar-refractivity contribution < 1.29 is 19.1 Å². The monoisotopic (exact) mass is 443 g/mol. The third-order valence-electron chi connectivity index (χ3n) is 5.36. The van der Waals surface area contributed by atoms with Gasteiger partial charge in [0.05, 0.1) is 0 Å². The molecule has 0 spiro atoms. The Labute approximate surface area is 192 Å². The average molecular weight is 444 g/mol. The lowest BCUT2D eigenvalue weighted by Gasteiger charge is -2.13. The Morgan fingerprint density at radius 3 is 2.18 bits per heavy atom. The van der Waals surface area contributed by atoms with Crippen molar-refractivity contribution in [3.8, 4) is 5.75 Å². The highest BCUT2D eigenvalue weighted by Gasteiger charge is 2.38. The summed E-state index contributed by atoms with van der Waals surface area (Å²) in [6.07, 6.45) is 1.15. The van der Waals surface area contributed by atoms with Gasteiger partial charge >= 0.3 is 6.03 Å². The van der Waals surface area contributed by atoms with Gasteiger partial charge in [-0.05, 0) is 48.2 Å². The van der Waals surface area contributed by atoms with Crippen LogP contribution in [-0.2, 0) is 22.6 Å². The van der Waals surface area contributed by atoms with Crippen LogP contribution in [0.25, 0.3) is 0 Å². The van der Waals surface area contributed by atoms with E-state index in [1.54, 1.807) is 24.3 Å². The molecule has 3 aromatic rings. The summed E-state index contributed by atoms with van der Waals surface area (Å²) < 4.78 is 5.74. The highest BCUT2D eigenvalue weighted by atomic mass is 16.5. The standard InChI is InChI=1S/C26H25N3O4/c30-24(27-21-12-14-22(15-13-21)33-18-20-9-5-2-6-10-20)17-29-25(31)23(28-26(29)32)16-11-19-7-3-1-4-8-19/h1-10,12-15,23H,11,16-18H2,(H,27,30)(H,28,32). The molecule has 33 heavy (non-hydrogen) atoms. The first-order valence-corrected chi connectivity index (χ1v) is 10.8. The Balaban J connectivity index is 1.25. The number of nitrogens with zero attached hydrogens (tertiary/aromatic N) is 1. The van der Waals surface area contributed by atoms with Gasteiger partial charge in [-0.1, -0.05) is 60.7 Å². The second-order valence-electron chi connectivity index (χ2n) is 7.80. The molecule has 1 fully saturated rings. The quantitative estimate of drug-likeness (QED) is 0.493. The molecule has 0 aliphatic carbocycles. The Bertz CT molecular complexity index is 1100. The van der Waals surface area contributed by atoms with Crippen LogP contribution in [0.4, 0.5) is 10.5 Å². The summed E-state index contributed by atoms with van der Waals surface area (Å²) in [7, 11) is 0. The van der Waals surface area contributed by atoms with Crippen LogP contribution in [0, 0.1) is 0 Å². The molecule has 1 aliphatic rings. The SMILES string of the molecule is O=C(CN1C(=O)NC(CCc2ccccc2)C1=O)Nc1ccc(OCc2ccccc2)cc1. The van der Waals surface area contributed by atoms with Gasteiger partial charge in [0.25, 0.3) is 5.91 Å². The Morgan fingerprint density at radius 1 is 0.879 bits per heavy atom. The minimum atomic E-state index is -0.619. The third-order valence-corrected chi connectivity index (χ3v) is 5.36. The molecule has 168 valence electrons. The molecule has 0 radical (unpaired) electrons. The van der Waals surface area contributed by atoms with Crippen molar-refractivity contribution in [3.63, 3.8) is 0 Å². The summed E-state index contributed by atoms with van der Waals surface area (Å²) in [4.78, 5) is 38.2. The van der Waals surface area contributed by atoms with E-state index in [1.807, 2.05) is 60.7 Å². The maximum atomic E-state index is 12.6. The third kappa shape index (κ3) is 5.98. The number of carbonyl (C=O) groups is 3. The van der Waals surface area contributed by atoms with Crippen LogP contribution < -0.4 is 15.4 Å². The van der Waals surface area contributed by atoms with E-state index in [4.69, 9.17) is 4.74 Å². The molecule has 4 amide bonds. The number of hydrogen-bond acceptors (Lipinski definition) is 4. The van der Waals surface area contributed by atoms with E-state index < -0.39 is 18.0 Å². The van der Waals surface area contributed by atoms with Crippen LogP contribution in [-0.4, -0.2) is 35.3 Å². The van der Waals surface area contributed by atoms with E-state index in [9.17, 15) is 14.4 Å². The molecule has 1 unspecified atom stereocenters. The number of urea groups is 1. The lowest BCUT2D eigenvalue weighted by atomic mass is 10.1. The van der Waals surface area contributed by atoms with E-state index in [0.29, 0.717) is 30.9 Å². The molecule has 7 heteroatoms. The van der Waals surface area contributed by atoms with Gasteiger partial charge in [-0.3, -0.25) is 14.5 Å². The Hall–Kier alpha value is -4.13. The summed E-state index contributed by atoms with van der Waals surface area (Å²) in [5, 5.41) is 5.38. The molecule has 7 nitrogen and oxygen atoms in total. The first kappa shape index (κ1) is 22.1. The van der Waals surface area contributed by atoms with Gasteiger partial charge in [-0.15, -0.1) is 0 Å². The maximum absolute atomic E-state index is 12.6. The molecule has 0 bridgehead atoms. The molecule has 0 aromatic heterocycles. The van der Waals surface area contributed by atoms with Gasteiger partial charge in [-0.2, -0.15) is 0 Å². The molecule has 2 N–H and O–H groups in total. The van der Waals surface area contributed by atoms with Crippen molar-refractivity contribution in [1.82, 2.24) is 10.2 Å². The second kappa shape index (κ2) is 10.5. The lowest BCUT2D eigenvalue weighted by molar-refractivity contribution is -0.130. The average Bonchev–Trinajstić information content (AvgIpc) is 3.11. The first-order valence-electron chi connectivity index (χ1n) is 10.8. The molecule has 1 saturated heterocycles. The molecular formula is C26H25N3O4. The minimum absolute atomic E-state index is 0.335. The van der Waals surface area contributed by atoms with Crippen LogP contribution in [0.5, 0.6) is 5.75 Å². The number of nitrogens with one attached hydrogen (secondary N) is 2. The van der Waals surface area contributed by atoms with E-state index >= 15 is 0 Å². The van der Waals surface area contributed by atoms with Gasteiger partial charge in [-0.25, -0.2) is 4.79 Å². The number of imide groups is 1. The van der Waals surface area contributed by atoms with E-state index in [-0.39, 0.29) is 12.5 Å². The van der Waals surface area contributed by atoms with Gasteiger partial charge in [0.1, 0.15) is 24.9 Å². The van der Waals surface area contributed by atoms with Crippen molar-refractivity contribution >= 4 is 23.5 Å². The van der Waals surface area contributed by atoms with Gasteiger partial charge in [0.2, 0.25) is 5.91 Å². The van der Waals surface area contributed by atoms with E-state index in [2.05, 4.69) is 10.6 Å².